The fraction of sp³-hybridized carbons (Fsp3) is 0.517. The van der Waals surface area contributed by atoms with Gasteiger partial charge in [-0.05, 0) is 58.4 Å². The number of methoxy groups -OCH3 is 1. The Morgan fingerprint density at radius 1 is 1.23 bits per heavy atom. The molecule has 1 amide bonds. The van der Waals surface area contributed by atoms with Crippen LogP contribution in [0.1, 0.15) is 63.1 Å². The molecule has 1 aliphatic heterocycles. The van der Waals surface area contributed by atoms with Gasteiger partial charge in [-0.25, -0.2) is 23.4 Å². The Kier molecular flexibility index (Phi) is 10.4. The molecule has 2 aliphatic rings. The molecule has 2 atom stereocenters. The lowest BCUT2D eigenvalue weighted by Gasteiger charge is -2.40. The maximum Gasteiger partial charge on any atom is 0.410 e. The van der Waals surface area contributed by atoms with E-state index in [4.69, 9.17) is 21.1 Å². The predicted octanol–water partition coefficient (Wildman–Crippen LogP) is 5.31. The first kappa shape index (κ1) is 32.8. The van der Waals surface area contributed by atoms with E-state index in [0.717, 1.165) is 6.07 Å². The highest BCUT2D eigenvalue weighted by molar-refractivity contribution is 7.11. The van der Waals surface area contributed by atoms with Crippen LogP contribution in [0.15, 0.2) is 40.0 Å². The first-order valence-corrected chi connectivity index (χ1v) is 15.1. The molecule has 0 bridgehead atoms. The monoisotopic (exact) mass is 640 g/mol. The topological polar surface area (TPSA) is 134 Å². The second kappa shape index (κ2) is 13.7. The van der Waals surface area contributed by atoms with E-state index in [1.807, 2.05) is 0 Å². The Morgan fingerprint density at radius 3 is 2.51 bits per heavy atom. The normalized spacial score (nSPS) is 21.6. The Labute approximate surface area is 257 Å². The van der Waals surface area contributed by atoms with E-state index >= 15 is 0 Å². The number of benzene rings is 1. The number of rotatable bonds is 9. The van der Waals surface area contributed by atoms with Crippen LogP contribution in [0.25, 0.3) is 0 Å². The Bertz CT molecular complexity index is 1390. The van der Waals surface area contributed by atoms with Gasteiger partial charge in [0.05, 0.1) is 29.9 Å². The summed E-state index contributed by atoms with van der Waals surface area (Å²) in [5.74, 6) is -3.73. The summed E-state index contributed by atoms with van der Waals surface area (Å²) < 4.78 is 39.1. The number of carboxylic acid groups (broad SMARTS) is 1. The van der Waals surface area contributed by atoms with Crippen LogP contribution >= 0.6 is 22.9 Å². The van der Waals surface area contributed by atoms with Gasteiger partial charge in [-0.15, -0.1) is 11.3 Å². The minimum atomic E-state index is -1.28. The maximum atomic E-state index is 14.5. The Balaban J connectivity index is 1.66. The van der Waals surface area contributed by atoms with Crippen molar-refractivity contribution in [3.63, 3.8) is 0 Å². The van der Waals surface area contributed by atoms with E-state index in [0.29, 0.717) is 42.2 Å². The van der Waals surface area contributed by atoms with Crippen molar-refractivity contribution in [3.05, 3.63) is 62.2 Å². The maximum absolute atomic E-state index is 14.5. The van der Waals surface area contributed by atoms with Gasteiger partial charge in [0.2, 0.25) is 0 Å². The van der Waals surface area contributed by atoms with Crippen LogP contribution in [0.5, 0.6) is 0 Å². The third kappa shape index (κ3) is 7.69. The molecule has 0 spiro atoms. The van der Waals surface area contributed by atoms with Crippen molar-refractivity contribution in [2.45, 2.75) is 70.2 Å². The number of carboxylic acids is 1. The highest BCUT2D eigenvalue weighted by atomic mass is 35.5. The van der Waals surface area contributed by atoms with Crippen LogP contribution in [0.4, 0.5) is 13.6 Å². The molecule has 14 heteroatoms. The molecule has 0 saturated heterocycles. The van der Waals surface area contributed by atoms with Gasteiger partial charge in [0.25, 0.3) is 0 Å². The molecule has 4 rings (SSSR count). The number of halogens is 3. The average molecular weight is 641 g/mol. The number of amidine groups is 1. The number of aromatic nitrogens is 1. The molecule has 1 aromatic carbocycles. The largest absolute Gasteiger partial charge is 0.478 e. The minimum absolute atomic E-state index is 0.0109. The first-order chi connectivity index (χ1) is 20.3. The summed E-state index contributed by atoms with van der Waals surface area (Å²) in [6.07, 6.45) is 2.03. The molecule has 1 fully saturated rings. The van der Waals surface area contributed by atoms with Gasteiger partial charge < -0.3 is 29.9 Å². The summed E-state index contributed by atoms with van der Waals surface area (Å²) in [4.78, 5) is 36.2. The van der Waals surface area contributed by atoms with Crippen LogP contribution in [0, 0.1) is 17.6 Å². The number of aliphatic hydroxyl groups is 1. The van der Waals surface area contributed by atoms with Crippen molar-refractivity contribution < 1.29 is 38.1 Å². The molecule has 1 aliphatic carbocycles. The number of carbonyl (C=O) groups excluding carboxylic acids is 1. The van der Waals surface area contributed by atoms with Crippen molar-refractivity contribution in [1.29, 1.82) is 0 Å². The molecule has 234 valence electrons. The number of aliphatic carboxylic acids is 1. The van der Waals surface area contributed by atoms with Crippen molar-refractivity contribution in [2.75, 3.05) is 20.3 Å². The Hall–Kier alpha value is -3.13. The van der Waals surface area contributed by atoms with E-state index < -0.39 is 46.5 Å². The number of aliphatic imine (C=N–C) groups is 1. The zero-order chi connectivity index (χ0) is 31.5. The van der Waals surface area contributed by atoms with Gasteiger partial charge in [-0.1, -0.05) is 17.7 Å². The van der Waals surface area contributed by atoms with E-state index in [2.05, 4.69) is 15.3 Å². The summed E-state index contributed by atoms with van der Waals surface area (Å²) in [5, 5.41) is 25.7. The van der Waals surface area contributed by atoms with Crippen molar-refractivity contribution in [2.24, 2.45) is 10.9 Å². The third-order valence-electron chi connectivity index (χ3n) is 7.24. The second-order valence-corrected chi connectivity index (χ2v) is 12.8. The van der Waals surface area contributed by atoms with Crippen LogP contribution in [0.3, 0.4) is 0 Å². The molecular formula is C29H35ClF2N4O6S. The number of aliphatic hydroxyl groups excluding tert-OH is 1. The summed E-state index contributed by atoms with van der Waals surface area (Å²) in [6.45, 7) is 5.34. The number of hydrogen-bond donors (Lipinski definition) is 3. The van der Waals surface area contributed by atoms with Gasteiger partial charge in [0.1, 0.15) is 11.6 Å². The summed E-state index contributed by atoms with van der Waals surface area (Å²) >= 11 is 7.47. The summed E-state index contributed by atoms with van der Waals surface area (Å²) in [7, 11) is 1.46. The molecule has 2 aromatic rings. The van der Waals surface area contributed by atoms with Crippen LogP contribution in [-0.2, 0) is 14.3 Å². The smallest absolute Gasteiger partial charge is 0.410 e. The molecule has 3 N–H and O–H groups in total. The highest BCUT2D eigenvalue weighted by Crippen LogP contribution is 2.42. The number of amides is 1. The van der Waals surface area contributed by atoms with Gasteiger partial charge in [-0.2, -0.15) is 0 Å². The van der Waals surface area contributed by atoms with Crippen LogP contribution in [-0.4, -0.2) is 76.0 Å². The fourth-order valence-electron chi connectivity index (χ4n) is 5.39. The number of thiazole rings is 1. The van der Waals surface area contributed by atoms with E-state index in [9.17, 15) is 28.6 Å². The van der Waals surface area contributed by atoms with Crippen LogP contribution < -0.4 is 5.32 Å². The molecule has 1 saturated carbocycles. The molecular weight excluding hydrogens is 606 g/mol. The quantitative estimate of drug-likeness (QED) is 0.314. The molecule has 1 aromatic heterocycles. The second-order valence-electron chi connectivity index (χ2n) is 11.5. The lowest BCUT2D eigenvalue weighted by atomic mass is 9.80. The molecule has 0 radical (unpaired) electrons. The average Bonchev–Trinajstić information content (AvgIpc) is 3.49. The minimum Gasteiger partial charge on any atom is -0.478 e. The zero-order valence-electron chi connectivity index (χ0n) is 24.3. The molecule has 1 unspecified atom stereocenters. The SMILES string of the molecule is COC[C@@H](O)CN(C(=O)OC(C)(C)C)C1CCC(C2=C(C(=O)O)C(c3ccc(F)c(F)c3Cl)N=C(c3nccs3)N2)CC1. The number of hydrogen-bond acceptors (Lipinski definition) is 9. The van der Waals surface area contributed by atoms with Crippen LogP contribution in [0.2, 0.25) is 5.02 Å². The van der Waals surface area contributed by atoms with Gasteiger partial charge in [-0.3, -0.25) is 4.99 Å². The lowest BCUT2D eigenvalue weighted by molar-refractivity contribution is -0.133. The van der Waals surface area contributed by atoms with E-state index in [-0.39, 0.29) is 36.2 Å². The molecule has 43 heavy (non-hydrogen) atoms. The fourth-order valence-corrected chi connectivity index (χ4v) is 6.23. The van der Waals surface area contributed by atoms with E-state index in [1.165, 1.54) is 29.4 Å². The number of allylic oxidation sites excluding steroid dienone is 1. The number of nitrogens with zero attached hydrogens (tertiary/aromatic N) is 3. The standard InChI is InChI=1S/C29H35ClF2N4O6S/c1-29(2,3)42-28(40)36(13-17(37)14-41-4)16-7-5-15(6-8-16)23-20(27(38)39)24(18-9-10-19(31)22(32)21(18)30)35-25(34-23)26-33-11-12-43-26/h9-12,15-17,24,37H,5-8,13-14H2,1-4H3,(H,34,35)(H,38,39)/t15?,16?,17-,24?/m0/s1. The van der Waals surface area contributed by atoms with Gasteiger partial charge in [0, 0.05) is 36.0 Å². The van der Waals surface area contributed by atoms with Gasteiger partial charge >= 0.3 is 12.1 Å². The highest BCUT2D eigenvalue weighted by Gasteiger charge is 2.39. The number of ether oxygens (including phenoxy) is 2. The lowest BCUT2D eigenvalue weighted by Crippen LogP contribution is -2.49. The van der Waals surface area contributed by atoms with Crippen molar-refractivity contribution in [1.82, 2.24) is 15.2 Å². The third-order valence-corrected chi connectivity index (χ3v) is 8.40. The van der Waals surface area contributed by atoms with Gasteiger partial charge in [0.15, 0.2) is 22.5 Å². The molecule has 10 nitrogen and oxygen atoms in total. The number of carbonyl (C=O) groups is 2. The first-order valence-electron chi connectivity index (χ1n) is 13.8. The predicted molar refractivity (Wildman–Crippen MR) is 157 cm³/mol. The zero-order valence-corrected chi connectivity index (χ0v) is 25.8. The summed E-state index contributed by atoms with van der Waals surface area (Å²) in [6, 6.07) is 0.625. The Morgan fingerprint density at radius 2 is 1.93 bits per heavy atom. The summed E-state index contributed by atoms with van der Waals surface area (Å²) in [5.41, 5.74) is -0.479. The van der Waals surface area contributed by atoms with Crippen molar-refractivity contribution in [3.8, 4) is 0 Å². The molecule has 2 heterocycles. The van der Waals surface area contributed by atoms with E-state index in [1.54, 1.807) is 32.3 Å². The van der Waals surface area contributed by atoms with Crippen molar-refractivity contribution >= 4 is 40.8 Å². The number of nitrogens with one attached hydrogen (secondary N) is 1.